The van der Waals surface area contributed by atoms with Gasteiger partial charge in [0.1, 0.15) is 11.5 Å². The number of aryl methyl sites for hydroxylation is 1. The highest BCUT2D eigenvalue weighted by Gasteiger charge is 2.42. The van der Waals surface area contributed by atoms with Crippen molar-refractivity contribution in [1.29, 1.82) is 0 Å². The van der Waals surface area contributed by atoms with Crippen molar-refractivity contribution < 1.29 is 21.3 Å². The van der Waals surface area contributed by atoms with Crippen molar-refractivity contribution >= 4 is 19.9 Å². The molecule has 0 radical (unpaired) electrons. The van der Waals surface area contributed by atoms with Crippen molar-refractivity contribution in [3.8, 4) is 0 Å². The van der Waals surface area contributed by atoms with Crippen LogP contribution in [0.5, 0.6) is 0 Å². The number of sulfonamides is 1. The van der Waals surface area contributed by atoms with Crippen molar-refractivity contribution in [1.82, 2.24) is 4.31 Å². The smallest absolute Gasteiger partial charge is 0.214 e. The molecule has 1 aliphatic rings. The van der Waals surface area contributed by atoms with E-state index in [4.69, 9.17) is 4.42 Å². The van der Waals surface area contributed by atoms with Gasteiger partial charge < -0.3 is 4.42 Å². The van der Waals surface area contributed by atoms with Gasteiger partial charge in [-0.2, -0.15) is 4.31 Å². The van der Waals surface area contributed by atoms with E-state index in [0.29, 0.717) is 12.2 Å². The molecule has 0 aliphatic carbocycles. The molecule has 1 aromatic heterocycles. The molecule has 24 heavy (non-hydrogen) atoms. The van der Waals surface area contributed by atoms with Gasteiger partial charge in [0.25, 0.3) is 0 Å². The molecular weight excluding hydrogens is 350 g/mol. The second-order valence-electron chi connectivity index (χ2n) is 5.88. The second-order valence-corrected chi connectivity index (χ2v) is 10.2. The molecule has 1 fully saturated rings. The first kappa shape index (κ1) is 17.2. The molecule has 1 saturated heterocycles. The van der Waals surface area contributed by atoms with E-state index in [0.717, 1.165) is 5.56 Å². The molecule has 2 aromatic rings. The topological polar surface area (TPSA) is 84.7 Å². The Morgan fingerprint density at radius 3 is 2.33 bits per heavy atom. The van der Waals surface area contributed by atoms with Gasteiger partial charge in [-0.25, -0.2) is 16.8 Å². The Labute approximate surface area is 142 Å². The van der Waals surface area contributed by atoms with Crippen LogP contribution in [0.15, 0.2) is 53.1 Å². The Morgan fingerprint density at radius 1 is 1.00 bits per heavy atom. The van der Waals surface area contributed by atoms with Crippen LogP contribution in [0, 0.1) is 0 Å². The number of furan rings is 1. The number of rotatable bonds is 7. The Balaban J connectivity index is 1.55. The van der Waals surface area contributed by atoms with Crippen LogP contribution in [0.2, 0.25) is 0 Å². The largest absolute Gasteiger partial charge is 0.468 e. The molecule has 0 amide bonds. The molecule has 6 nitrogen and oxygen atoms in total. The van der Waals surface area contributed by atoms with Crippen molar-refractivity contribution in [3.63, 3.8) is 0 Å². The monoisotopic (exact) mass is 369 g/mol. The molecule has 2 heterocycles. The molecule has 1 aromatic carbocycles. The van der Waals surface area contributed by atoms with E-state index in [1.807, 2.05) is 30.3 Å². The average Bonchev–Trinajstić information content (AvgIpc) is 2.96. The maximum absolute atomic E-state index is 12.3. The van der Waals surface area contributed by atoms with Gasteiger partial charge in [0.2, 0.25) is 10.0 Å². The van der Waals surface area contributed by atoms with E-state index >= 15 is 0 Å². The van der Waals surface area contributed by atoms with Gasteiger partial charge in [-0.1, -0.05) is 30.3 Å². The molecule has 0 N–H and O–H groups in total. The summed E-state index contributed by atoms with van der Waals surface area (Å²) in [5, 5.41) is -0.658. The van der Waals surface area contributed by atoms with Gasteiger partial charge in [-0.05, 0) is 24.1 Å². The van der Waals surface area contributed by atoms with Gasteiger partial charge in [0, 0.05) is 13.1 Å². The lowest BCUT2D eigenvalue weighted by atomic mass is 10.2. The lowest BCUT2D eigenvalue weighted by Gasteiger charge is -2.37. The third-order valence-electron chi connectivity index (χ3n) is 4.13. The highest BCUT2D eigenvalue weighted by molar-refractivity contribution is 7.92. The van der Waals surface area contributed by atoms with Crippen LogP contribution in [0.25, 0.3) is 0 Å². The van der Waals surface area contributed by atoms with Crippen LogP contribution < -0.4 is 0 Å². The highest BCUT2D eigenvalue weighted by atomic mass is 32.2. The Hall–Kier alpha value is -1.64. The summed E-state index contributed by atoms with van der Waals surface area (Å²) in [7, 11) is -6.84. The van der Waals surface area contributed by atoms with Crippen LogP contribution in [-0.4, -0.2) is 45.2 Å². The zero-order valence-corrected chi connectivity index (χ0v) is 14.7. The summed E-state index contributed by atoms with van der Waals surface area (Å²) in [5.74, 6) is 0.172. The standard InChI is InChI=1S/C16H19NO5S2/c18-23(19,13-15-7-4-9-22-15)16-11-17(12-16)24(20,21)10-8-14-5-2-1-3-6-14/h1-7,9,16H,8,10-13H2. The lowest BCUT2D eigenvalue weighted by molar-refractivity contribution is 0.309. The number of nitrogens with zero attached hydrogens (tertiary/aromatic N) is 1. The maximum atomic E-state index is 12.3. The van der Waals surface area contributed by atoms with Gasteiger partial charge in [0.15, 0.2) is 9.84 Å². The predicted octanol–water partition coefficient (Wildman–Crippen LogP) is 1.45. The first-order valence-corrected chi connectivity index (χ1v) is 10.9. The van der Waals surface area contributed by atoms with Crippen LogP contribution in [0.1, 0.15) is 11.3 Å². The highest BCUT2D eigenvalue weighted by Crippen LogP contribution is 2.24. The number of hydrogen-bond acceptors (Lipinski definition) is 5. The molecule has 3 rings (SSSR count). The molecular formula is C16H19NO5S2. The average molecular weight is 369 g/mol. The molecule has 0 spiro atoms. The normalized spacial score (nSPS) is 16.8. The van der Waals surface area contributed by atoms with Gasteiger partial charge in [0.05, 0.1) is 17.3 Å². The molecule has 0 atom stereocenters. The van der Waals surface area contributed by atoms with Crippen LogP contribution in [0.4, 0.5) is 0 Å². The quantitative estimate of drug-likeness (QED) is 0.737. The van der Waals surface area contributed by atoms with E-state index in [-0.39, 0.29) is 24.6 Å². The summed E-state index contributed by atoms with van der Waals surface area (Å²) < 4.78 is 55.4. The predicted molar refractivity (Wildman–Crippen MR) is 90.6 cm³/mol. The van der Waals surface area contributed by atoms with E-state index in [9.17, 15) is 16.8 Å². The maximum Gasteiger partial charge on any atom is 0.214 e. The minimum Gasteiger partial charge on any atom is -0.468 e. The minimum absolute atomic E-state index is 0.0119. The molecule has 130 valence electrons. The third kappa shape index (κ3) is 3.88. The van der Waals surface area contributed by atoms with Crippen LogP contribution in [-0.2, 0) is 32.0 Å². The molecule has 0 saturated carbocycles. The molecule has 8 heteroatoms. The summed E-state index contributed by atoms with van der Waals surface area (Å²) in [6, 6.07) is 12.6. The number of benzene rings is 1. The summed E-state index contributed by atoms with van der Waals surface area (Å²) in [4.78, 5) is 0. The Morgan fingerprint density at radius 2 is 1.71 bits per heavy atom. The Bertz CT molecular complexity index is 868. The number of sulfone groups is 1. The van der Waals surface area contributed by atoms with E-state index in [1.54, 1.807) is 12.1 Å². The fraction of sp³-hybridized carbons (Fsp3) is 0.375. The summed E-state index contributed by atoms with van der Waals surface area (Å²) in [6.07, 6.45) is 1.84. The first-order chi connectivity index (χ1) is 11.4. The summed E-state index contributed by atoms with van der Waals surface area (Å²) in [6.45, 7) is 0.0559. The van der Waals surface area contributed by atoms with Crippen molar-refractivity contribution in [3.05, 3.63) is 60.1 Å². The zero-order chi connectivity index (χ0) is 17.2. The van der Waals surface area contributed by atoms with Crippen LogP contribution >= 0.6 is 0 Å². The summed E-state index contributed by atoms with van der Waals surface area (Å²) >= 11 is 0. The SMILES string of the molecule is O=S(=O)(Cc1ccco1)C1CN(S(=O)(=O)CCc2ccccc2)C1. The summed E-state index contributed by atoms with van der Waals surface area (Å²) in [5.41, 5.74) is 0.948. The fourth-order valence-corrected chi connectivity index (χ4v) is 5.95. The fourth-order valence-electron chi connectivity index (χ4n) is 2.59. The van der Waals surface area contributed by atoms with E-state index in [2.05, 4.69) is 0 Å². The van der Waals surface area contributed by atoms with Crippen molar-refractivity contribution in [2.24, 2.45) is 0 Å². The van der Waals surface area contributed by atoms with Gasteiger partial charge in [-0.3, -0.25) is 0 Å². The van der Waals surface area contributed by atoms with Gasteiger partial charge >= 0.3 is 0 Å². The van der Waals surface area contributed by atoms with Crippen molar-refractivity contribution in [2.45, 2.75) is 17.4 Å². The zero-order valence-electron chi connectivity index (χ0n) is 13.0. The van der Waals surface area contributed by atoms with Crippen LogP contribution in [0.3, 0.4) is 0 Å². The second kappa shape index (κ2) is 6.70. The lowest BCUT2D eigenvalue weighted by Crippen LogP contribution is -2.57. The molecule has 1 aliphatic heterocycles. The van der Waals surface area contributed by atoms with Crippen molar-refractivity contribution in [2.75, 3.05) is 18.8 Å². The minimum atomic E-state index is -3.43. The van der Waals surface area contributed by atoms with E-state index in [1.165, 1.54) is 10.6 Å². The van der Waals surface area contributed by atoms with E-state index < -0.39 is 25.1 Å². The Kier molecular flexibility index (Phi) is 4.80. The molecule has 0 unspecified atom stereocenters. The number of hydrogen-bond donors (Lipinski definition) is 0. The third-order valence-corrected chi connectivity index (χ3v) is 7.94. The van der Waals surface area contributed by atoms with Gasteiger partial charge in [-0.15, -0.1) is 0 Å². The molecule has 0 bridgehead atoms. The first-order valence-electron chi connectivity index (χ1n) is 7.62.